The van der Waals surface area contributed by atoms with Gasteiger partial charge in [-0.3, -0.25) is 14.4 Å². The summed E-state index contributed by atoms with van der Waals surface area (Å²) in [6.07, 6.45) is -4.12. The van der Waals surface area contributed by atoms with Crippen molar-refractivity contribution in [3.8, 4) is 17.2 Å². The molecular formula is C27H30NO10+. The largest absolute Gasteiger partial charge is 0.507 e. The van der Waals surface area contributed by atoms with E-state index in [0.29, 0.717) is 0 Å². The average molecular weight is 529 g/mol. The van der Waals surface area contributed by atoms with Gasteiger partial charge in [0.05, 0.1) is 42.4 Å². The molecule has 38 heavy (non-hydrogen) atoms. The highest BCUT2D eigenvalue weighted by Gasteiger charge is 2.49. The summed E-state index contributed by atoms with van der Waals surface area (Å²) in [7, 11) is 1.34. The Hall–Kier alpha value is -3.35. The van der Waals surface area contributed by atoms with E-state index in [2.05, 4.69) is 5.73 Å². The van der Waals surface area contributed by atoms with E-state index in [1.807, 2.05) is 0 Å². The lowest BCUT2D eigenvalue weighted by molar-refractivity contribution is -0.466. The summed E-state index contributed by atoms with van der Waals surface area (Å²) < 4.78 is 17.1. The summed E-state index contributed by atoms with van der Waals surface area (Å²) in [4.78, 5) is 39.6. The Morgan fingerprint density at radius 1 is 1.13 bits per heavy atom. The fourth-order valence-electron chi connectivity index (χ4n) is 5.72. The number of carbonyl (C=O) groups is 3. The standard InChI is InChI=1S/C27H29NO10/c1-10-22(30)14(28)7-17(37-10)38-16-9-27(35,11(2)29)8-13-19(16)26(34)21-20(24(13)32)23(31)12-5-4-6-15(36-3)18(12)25(21)33/h4-6,10,14,16-17,22,30,32,34-35H,7-9,28H2,1-3H3/p+1/t10?,14?,16-,17?,22?,27-/m0/s1. The summed E-state index contributed by atoms with van der Waals surface area (Å²) >= 11 is 0. The maximum Gasteiger partial charge on any atom is 0.202 e. The summed E-state index contributed by atoms with van der Waals surface area (Å²) in [5.41, 5.74) is 0.969. The van der Waals surface area contributed by atoms with Crippen LogP contribution in [0.2, 0.25) is 0 Å². The molecule has 2 aliphatic carbocycles. The van der Waals surface area contributed by atoms with Crippen molar-refractivity contribution in [3.05, 3.63) is 51.6 Å². The molecule has 2 aromatic carbocycles. The Balaban J connectivity index is 1.68. The lowest BCUT2D eigenvalue weighted by Gasteiger charge is -2.41. The number of hydrogen-bond acceptors (Lipinski definition) is 10. The van der Waals surface area contributed by atoms with E-state index in [1.165, 1.54) is 32.2 Å². The number of phenolic OH excluding ortho intramolecular Hbond substituents is 2. The van der Waals surface area contributed by atoms with E-state index in [0.717, 1.165) is 0 Å². The molecule has 0 bridgehead atoms. The number of methoxy groups -OCH3 is 1. The number of hydrogen-bond donors (Lipinski definition) is 5. The van der Waals surface area contributed by atoms with E-state index >= 15 is 0 Å². The van der Waals surface area contributed by atoms with Gasteiger partial charge < -0.3 is 40.4 Å². The van der Waals surface area contributed by atoms with Crippen LogP contribution in [0.15, 0.2) is 18.2 Å². The molecule has 4 unspecified atom stereocenters. The van der Waals surface area contributed by atoms with Crippen LogP contribution in [0.25, 0.3) is 0 Å². The second-order valence-corrected chi connectivity index (χ2v) is 10.2. The van der Waals surface area contributed by atoms with Crippen LogP contribution in [0, 0.1) is 0 Å². The zero-order chi connectivity index (χ0) is 27.7. The third kappa shape index (κ3) is 3.81. The second kappa shape index (κ2) is 9.14. The SMILES string of the molecule is COc1cccc2c1C(=O)c1c(O)c3c(c(O)c1C2=O)C[C@@](O)(C(C)=O)C[C@@H]3OC1CC([NH3+])C(O)C(C)O1. The molecule has 1 aliphatic heterocycles. The van der Waals surface area contributed by atoms with Crippen molar-refractivity contribution in [1.29, 1.82) is 0 Å². The Labute approximate surface area is 217 Å². The molecule has 2 aromatic rings. The van der Waals surface area contributed by atoms with Gasteiger partial charge in [-0.15, -0.1) is 0 Å². The van der Waals surface area contributed by atoms with E-state index in [9.17, 15) is 34.8 Å². The average Bonchev–Trinajstić information content (AvgIpc) is 2.87. The number of rotatable bonds is 4. The fourth-order valence-corrected chi connectivity index (χ4v) is 5.72. The lowest BCUT2D eigenvalue weighted by atomic mass is 9.72. The number of ketones is 3. The van der Waals surface area contributed by atoms with Crippen LogP contribution in [0.3, 0.4) is 0 Å². The quantitative estimate of drug-likeness (QED) is 0.295. The maximum atomic E-state index is 13.6. The molecule has 1 fully saturated rings. The number of fused-ring (bicyclic) bond motifs is 3. The van der Waals surface area contributed by atoms with Gasteiger partial charge in [-0.25, -0.2) is 0 Å². The van der Waals surface area contributed by atoms with Gasteiger partial charge in [-0.05, 0) is 19.9 Å². The minimum absolute atomic E-state index is 0.00780. The Bertz CT molecular complexity index is 1360. The van der Waals surface area contributed by atoms with Gasteiger partial charge in [0.2, 0.25) is 5.78 Å². The molecule has 5 rings (SSSR count). The van der Waals surface area contributed by atoms with Gasteiger partial charge in [-0.1, -0.05) is 12.1 Å². The first-order valence-electron chi connectivity index (χ1n) is 12.3. The predicted octanol–water partition coefficient (Wildman–Crippen LogP) is 0.312. The highest BCUT2D eigenvalue weighted by atomic mass is 16.7. The minimum Gasteiger partial charge on any atom is -0.507 e. The number of phenols is 2. The lowest BCUT2D eigenvalue weighted by Crippen LogP contribution is -2.71. The molecule has 0 radical (unpaired) electrons. The molecule has 1 saturated heterocycles. The van der Waals surface area contributed by atoms with Crippen LogP contribution in [-0.4, -0.2) is 75.0 Å². The zero-order valence-electron chi connectivity index (χ0n) is 21.2. The zero-order valence-corrected chi connectivity index (χ0v) is 21.2. The third-order valence-electron chi connectivity index (χ3n) is 7.87. The minimum atomic E-state index is -1.98. The van der Waals surface area contributed by atoms with Gasteiger partial charge in [0.25, 0.3) is 0 Å². The third-order valence-corrected chi connectivity index (χ3v) is 7.87. The first kappa shape index (κ1) is 26.3. The van der Waals surface area contributed by atoms with Crippen LogP contribution in [0.1, 0.15) is 75.8 Å². The van der Waals surface area contributed by atoms with Gasteiger partial charge in [0.15, 0.2) is 17.9 Å². The molecule has 0 aromatic heterocycles. The molecule has 3 aliphatic rings. The number of quaternary nitrogens is 1. The number of aliphatic hydroxyl groups is 2. The number of Topliss-reactive ketones (excluding diaryl/α,β-unsaturated/α-hetero) is 1. The molecule has 11 nitrogen and oxygen atoms in total. The Morgan fingerprint density at radius 2 is 1.82 bits per heavy atom. The van der Waals surface area contributed by atoms with Crippen LogP contribution in [-0.2, 0) is 20.7 Å². The van der Waals surface area contributed by atoms with Crippen molar-refractivity contribution in [1.82, 2.24) is 0 Å². The molecule has 0 saturated carbocycles. The highest BCUT2D eigenvalue weighted by Crippen LogP contribution is 2.52. The fraction of sp³-hybridized carbons (Fsp3) is 0.444. The molecule has 7 N–H and O–H groups in total. The van der Waals surface area contributed by atoms with Crippen LogP contribution < -0.4 is 10.5 Å². The summed E-state index contributed by atoms with van der Waals surface area (Å²) in [6.45, 7) is 2.84. The van der Waals surface area contributed by atoms with E-state index in [4.69, 9.17) is 14.2 Å². The van der Waals surface area contributed by atoms with E-state index in [1.54, 1.807) is 6.92 Å². The molecule has 6 atom stereocenters. The van der Waals surface area contributed by atoms with Crippen molar-refractivity contribution in [2.75, 3.05) is 7.11 Å². The molecular weight excluding hydrogens is 498 g/mol. The van der Waals surface area contributed by atoms with Crippen LogP contribution >= 0.6 is 0 Å². The first-order chi connectivity index (χ1) is 17.9. The van der Waals surface area contributed by atoms with Gasteiger partial charge in [0, 0.05) is 29.5 Å². The monoisotopic (exact) mass is 528 g/mol. The van der Waals surface area contributed by atoms with Crippen molar-refractivity contribution in [3.63, 3.8) is 0 Å². The van der Waals surface area contributed by atoms with Crippen molar-refractivity contribution < 1.29 is 54.8 Å². The topological polar surface area (TPSA) is 187 Å². The van der Waals surface area contributed by atoms with Gasteiger partial charge in [-0.2, -0.15) is 0 Å². The maximum absolute atomic E-state index is 13.6. The first-order valence-corrected chi connectivity index (χ1v) is 12.3. The normalized spacial score (nSPS) is 30.3. The number of benzene rings is 2. The molecule has 202 valence electrons. The summed E-state index contributed by atoms with van der Waals surface area (Å²) in [5, 5.41) is 44.2. The molecule has 11 heteroatoms. The van der Waals surface area contributed by atoms with Gasteiger partial charge >= 0.3 is 0 Å². The van der Waals surface area contributed by atoms with Crippen molar-refractivity contribution >= 4 is 17.3 Å². The smallest absolute Gasteiger partial charge is 0.202 e. The summed E-state index contributed by atoms with van der Waals surface area (Å²) in [6, 6.07) is 4.01. The van der Waals surface area contributed by atoms with Crippen LogP contribution in [0.5, 0.6) is 17.2 Å². The van der Waals surface area contributed by atoms with Crippen molar-refractivity contribution in [2.24, 2.45) is 0 Å². The number of carbonyl (C=O) groups excluding carboxylic acids is 3. The number of aromatic hydroxyl groups is 2. The molecule has 0 spiro atoms. The van der Waals surface area contributed by atoms with Crippen LogP contribution in [0.4, 0.5) is 0 Å². The second-order valence-electron chi connectivity index (χ2n) is 10.2. The molecule has 1 heterocycles. The van der Waals surface area contributed by atoms with E-state index < -0.39 is 82.6 Å². The Kier molecular flexibility index (Phi) is 6.32. The van der Waals surface area contributed by atoms with E-state index in [-0.39, 0.29) is 40.8 Å². The Morgan fingerprint density at radius 3 is 2.45 bits per heavy atom. The van der Waals surface area contributed by atoms with Crippen molar-refractivity contribution in [2.45, 2.75) is 69.4 Å². The molecule has 0 amide bonds. The predicted molar refractivity (Wildman–Crippen MR) is 129 cm³/mol. The van der Waals surface area contributed by atoms with Gasteiger partial charge in [0.1, 0.15) is 35.0 Å². The number of ether oxygens (including phenoxy) is 3. The number of aliphatic hydroxyl groups excluding tert-OH is 1. The highest BCUT2D eigenvalue weighted by molar-refractivity contribution is 6.31. The summed E-state index contributed by atoms with van der Waals surface area (Å²) in [5.74, 6) is -3.11.